The van der Waals surface area contributed by atoms with Crippen LogP contribution in [-0.4, -0.2) is 52.1 Å². The summed E-state index contributed by atoms with van der Waals surface area (Å²) in [6.07, 6.45) is 5.83. The third-order valence-electron chi connectivity index (χ3n) is 6.51. The zero-order chi connectivity index (χ0) is 23.3. The number of benzene rings is 1. The number of imide groups is 1. The van der Waals surface area contributed by atoms with Gasteiger partial charge in [-0.2, -0.15) is 0 Å². The van der Waals surface area contributed by atoms with Crippen LogP contribution in [0.15, 0.2) is 42.5 Å². The molecule has 1 aliphatic heterocycles. The first-order valence-corrected chi connectivity index (χ1v) is 11.5. The number of hydrogen-bond donors (Lipinski definition) is 1. The summed E-state index contributed by atoms with van der Waals surface area (Å²) < 4.78 is 0. The van der Waals surface area contributed by atoms with Gasteiger partial charge in [0.15, 0.2) is 0 Å². The predicted molar refractivity (Wildman–Crippen MR) is 121 cm³/mol. The molecule has 0 aromatic heterocycles. The summed E-state index contributed by atoms with van der Waals surface area (Å²) >= 11 is 0. The van der Waals surface area contributed by atoms with Gasteiger partial charge in [0, 0.05) is 25.6 Å². The molecule has 32 heavy (non-hydrogen) atoms. The second kappa shape index (κ2) is 10.6. The van der Waals surface area contributed by atoms with E-state index in [1.807, 2.05) is 56.3 Å². The van der Waals surface area contributed by atoms with Gasteiger partial charge in [0.05, 0.1) is 11.8 Å². The normalized spacial score (nSPS) is 21.8. The zero-order valence-electron chi connectivity index (χ0n) is 19.1. The number of nitrogens with one attached hydrogen (secondary N) is 1. The van der Waals surface area contributed by atoms with E-state index < -0.39 is 6.04 Å². The van der Waals surface area contributed by atoms with Gasteiger partial charge in [-0.25, -0.2) is 0 Å². The van der Waals surface area contributed by atoms with Crippen molar-refractivity contribution in [3.63, 3.8) is 0 Å². The molecule has 3 rings (SSSR count). The van der Waals surface area contributed by atoms with Crippen LogP contribution in [0.4, 0.5) is 0 Å². The lowest BCUT2D eigenvalue weighted by Crippen LogP contribution is -2.50. The molecule has 1 saturated heterocycles. The lowest BCUT2D eigenvalue weighted by atomic mass is 9.85. The molecule has 1 aromatic rings. The number of allylic oxidation sites excluding steroid dienone is 2. The number of fused-ring (bicyclic) bond motifs is 1. The van der Waals surface area contributed by atoms with Gasteiger partial charge in [-0.15, -0.1) is 0 Å². The van der Waals surface area contributed by atoms with Gasteiger partial charge in [0.1, 0.15) is 6.04 Å². The second-order valence-corrected chi connectivity index (χ2v) is 8.74. The Morgan fingerprint density at radius 2 is 1.66 bits per heavy atom. The van der Waals surface area contributed by atoms with E-state index in [0.29, 0.717) is 12.8 Å². The summed E-state index contributed by atoms with van der Waals surface area (Å²) in [6, 6.07) is 8.82. The van der Waals surface area contributed by atoms with Crippen LogP contribution in [-0.2, 0) is 25.7 Å². The summed E-state index contributed by atoms with van der Waals surface area (Å²) in [6.45, 7) is 5.96. The SMILES string of the molecule is CC[C@H](C)NC(=O)[C@H](C)N(Cc1ccccc1)C(=O)CCN1C(=O)[C@H]2CC=CC[C@H]2C1=O. The molecule has 1 heterocycles. The molecule has 7 nitrogen and oxygen atoms in total. The summed E-state index contributed by atoms with van der Waals surface area (Å²) in [5, 5.41) is 2.94. The largest absolute Gasteiger partial charge is 0.352 e. The average molecular weight is 440 g/mol. The molecule has 1 aromatic carbocycles. The van der Waals surface area contributed by atoms with Crippen molar-refractivity contribution in [3.05, 3.63) is 48.0 Å². The maximum atomic E-state index is 13.2. The van der Waals surface area contributed by atoms with Gasteiger partial charge in [-0.1, -0.05) is 49.4 Å². The third kappa shape index (κ3) is 5.26. The van der Waals surface area contributed by atoms with Crippen LogP contribution in [0.25, 0.3) is 0 Å². The number of nitrogens with zero attached hydrogens (tertiary/aromatic N) is 2. The first-order valence-electron chi connectivity index (χ1n) is 11.5. The van der Waals surface area contributed by atoms with Gasteiger partial charge >= 0.3 is 0 Å². The quantitative estimate of drug-likeness (QED) is 0.473. The van der Waals surface area contributed by atoms with Crippen LogP contribution in [0.1, 0.15) is 52.0 Å². The highest BCUT2D eigenvalue weighted by atomic mass is 16.2. The molecule has 7 heteroatoms. The Bertz CT molecular complexity index is 856. The van der Waals surface area contributed by atoms with Crippen molar-refractivity contribution in [3.8, 4) is 0 Å². The Kier molecular flexibility index (Phi) is 7.83. The van der Waals surface area contributed by atoms with Crippen LogP contribution in [0.3, 0.4) is 0 Å². The van der Waals surface area contributed by atoms with E-state index in [-0.39, 0.29) is 61.0 Å². The molecule has 0 radical (unpaired) electrons. The predicted octanol–water partition coefficient (Wildman–Crippen LogP) is 2.66. The summed E-state index contributed by atoms with van der Waals surface area (Å²) in [5.41, 5.74) is 0.912. The molecule has 0 spiro atoms. The Balaban J connectivity index is 1.69. The first-order chi connectivity index (χ1) is 15.3. The maximum Gasteiger partial charge on any atom is 0.242 e. The third-order valence-corrected chi connectivity index (χ3v) is 6.51. The lowest BCUT2D eigenvalue weighted by Gasteiger charge is -2.30. The minimum absolute atomic E-state index is 0.00185. The molecule has 1 N–H and O–H groups in total. The molecule has 1 fully saturated rings. The molecular weight excluding hydrogens is 406 g/mol. The van der Waals surface area contributed by atoms with E-state index >= 15 is 0 Å². The second-order valence-electron chi connectivity index (χ2n) is 8.74. The summed E-state index contributed by atoms with van der Waals surface area (Å²) in [7, 11) is 0. The highest BCUT2D eigenvalue weighted by molar-refractivity contribution is 6.05. The van der Waals surface area contributed by atoms with Crippen LogP contribution in [0.2, 0.25) is 0 Å². The molecule has 0 unspecified atom stereocenters. The van der Waals surface area contributed by atoms with E-state index in [2.05, 4.69) is 5.32 Å². The molecule has 0 saturated carbocycles. The van der Waals surface area contributed by atoms with Crippen LogP contribution in [0, 0.1) is 11.8 Å². The zero-order valence-corrected chi connectivity index (χ0v) is 19.1. The Morgan fingerprint density at radius 3 is 2.22 bits per heavy atom. The van der Waals surface area contributed by atoms with Gasteiger partial charge < -0.3 is 10.2 Å². The standard InChI is InChI=1S/C25H33N3O4/c1-4-17(2)26-23(30)18(3)28(16-19-10-6-5-7-11-19)22(29)14-15-27-24(31)20-12-8-9-13-21(20)25(27)32/h5-11,17-18,20-21H,4,12-16H2,1-3H3,(H,26,30)/t17-,18-,20-,21+/m0/s1. The van der Waals surface area contributed by atoms with Crippen molar-refractivity contribution >= 4 is 23.6 Å². The van der Waals surface area contributed by atoms with Gasteiger partial charge in [0.25, 0.3) is 0 Å². The Hall–Kier alpha value is -2.96. The molecule has 4 atom stereocenters. The first kappa shape index (κ1) is 23.7. The fraction of sp³-hybridized carbons (Fsp3) is 0.520. The molecule has 4 amide bonds. The number of hydrogen-bond acceptors (Lipinski definition) is 4. The smallest absolute Gasteiger partial charge is 0.242 e. The molecule has 0 bridgehead atoms. The van der Waals surface area contributed by atoms with E-state index in [4.69, 9.17) is 0 Å². The van der Waals surface area contributed by atoms with Crippen LogP contribution in [0.5, 0.6) is 0 Å². The van der Waals surface area contributed by atoms with E-state index in [0.717, 1.165) is 12.0 Å². The Morgan fingerprint density at radius 1 is 1.06 bits per heavy atom. The van der Waals surface area contributed by atoms with Gasteiger partial charge in [-0.05, 0) is 38.7 Å². The monoisotopic (exact) mass is 439 g/mol. The minimum Gasteiger partial charge on any atom is -0.352 e. The van der Waals surface area contributed by atoms with Crippen LogP contribution >= 0.6 is 0 Å². The van der Waals surface area contributed by atoms with E-state index in [9.17, 15) is 19.2 Å². The fourth-order valence-corrected chi connectivity index (χ4v) is 4.27. The number of rotatable bonds is 9. The van der Waals surface area contributed by atoms with E-state index in [1.165, 1.54) is 9.80 Å². The average Bonchev–Trinajstić information content (AvgIpc) is 3.05. The Labute approximate surface area is 189 Å². The highest BCUT2D eigenvalue weighted by Gasteiger charge is 2.47. The number of carbonyl (C=O) groups is 4. The van der Waals surface area contributed by atoms with Crippen LogP contribution < -0.4 is 5.32 Å². The molecule has 172 valence electrons. The minimum atomic E-state index is -0.673. The van der Waals surface area contributed by atoms with Crippen molar-refractivity contribution in [2.24, 2.45) is 11.8 Å². The number of amides is 4. The van der Waals surface area contributed by atoms with Crippen molar-refractivity contribution in [2.75, 3.05) is 6.54 Å². The molecular formula is C25H33N3O4. The molecule has 2 aliphatic rings. The highest BCUT2D eigenvalue weighted by Crippen LogP contribution is 2.35. The van der Waals surface area contributed by atoms with Gasteiger partial charge in [-0.3, -0.25) is 24.1 Å². The van der Waals surface area contributed by atoms with Crippen molar-refractivity contribution in [1.29, 1.82) is 0 Å². The van der Waals surface area contributed by atoms with Gasteiger partial charge in [0.2, 0.25) is 23.6 Å². The number of carbonyl (C=O) groups excluding carboxylic acids is 4. The number of likely N-dealkylation sites (tertiary alicyclic amines) is 1. The molecule has 1 aliphatic carbocycles. The topological polar surface area (TPSA) is 86.8 Å². The lowest BCUT2D eigenvalue weighted by molar-refractivity contribution is -0.143. The summed E-state index contributed by atoms with van der Waals surface area (Å²) in [4.78, 5) is 54.2. The maximum absolute atomic E-state index is 13.2. The summed E-state index contributed by atoms with van der Waals surface area (Å²) in [5.74, 6) is -1.45. The fourth-order valence-electron chi connectivity index (χ4n) is 4.27. The van der Waals surface area contributed by atoms with Crippen molar-refractivity contribution in [1.82, 2.24) is 15.1 Å². The van der Waals surface area contributed by atoms with E-state index in [1.54, 1.807) is 6.92 Å². The van der Waals surface area contributed by atoms with Crippen molar-refractivity contribution < 1.29 is 19.2 Å². The van der Waals surface area contributed by atoms with Crippen molar-refractivity contribution in [2.45, 2.75) is 65.1 Å².